The molecule has 0 N–H and O–H groups in total. The van der Waals surface area contributed by atoms with E-state index in [1.807, 2.05) is 30.3 Å². The molecule has 27 heavy (non-hydrogen) atoms. The van der Waals surface area contributed by atoms with Crippen LogP contribution in [-0.4, -0.2) is 44.9 Å². The predicted octanol–water partition coefficient (Wildman–Crippen LogP) is 1.95. The Morgan fingerprint density at radius 3 is 2.00 bits per heavy atom. The number of likely N-dealkylation sites (N-methyl/N-ethyl adjacent to an activating group) is 1. The smallest absolute Gasteiger partial charge is 0.119 e. The molecule has 0 heterocycles. The van der Waals surface area contributed by atoms with Gasteiger partial charge in [-0.15, -0.1) is 0 Å². The third-order valence-corrected chi connectivity index (χ3v) is 4.77. The molecule has 0 amide bonds. The van der Waals surface area contributed by atoms with Gasteiger partial charge in [0, 0.05) is 12.0 Å². The Labute approximate surface area is 171 Å². The van der Waals surface area contributed by atoms with E-state index in [0.29, 0.717) is 25.2 Å². The molecule has 2 aromatic carbocycles. The van der Waals surface area contributed by atoms with Crippen molar-refractivity contribution in [1.82, 2.24) is 0 Å². The number of benzene rings is 2. The molecule has 2 rings (SSSR count). The lowest BCUT2D eigenvalue weighted by molar-refractivity contribution is -0.922. The minimum atomic E-state index is 0. The van der Waals surface area contributed by atoms with Crippen LogP contribution in [0.4, 0.5) is 0 Å². The first-order chi connectivity index (χ1) is 12.5. The monoisotopic (exact) mass is 391 g/mol. The average Bonchev–Trinajstić information content (AvgIpc) is 2.64. The molecule has 0 aliphatic carbocycles. The molecule has 1 atom stereocenters. The Bertz CT molecular complexity index is 617. The lowest BCUT2D eigenvalue weighted by Crippen LogP contribution is -3.00. The van der Waals surface area contributed by atoms with Crippen molar-refractivity contribution in [2.75, 3.05) is 40.5 Å². The summed E-state index contributed by atoms with van der Waals surface area (Å²) < 4.78 is 12.5. The molecular formula is C23H34ClNO2. The van der Waals surface area contributed by atoms with Gasteiger partial charge in [0.2, 0.25) is 0 Å². The van der Waals surface area contributed by atoms with Crippen LogP contribution >= 0.6 is 0 Å². The number of para-hydroxylation sites is 1. The molecule has 0 bridgehead atoms. The van der Waals surface area contributed by atoms with E-state index in [1.165, 1.54) is 12.0 Å². The van der Waals surface area contributed by atoms with Gasteiger partial charge in [0.15, 0.2) is 0 Å². The summed E-state index contributed by atoms with van der Waals surface area (Å²) in [6.07, 6.45) is 1.17. The molecule has 0 aliphatic heterocycles. The van der Waals surface area contributed by atoms with E-state index in [2.05, 4.69) is 58.3 Å². The Kier molecular flexibility index (Phi) is 10.5. The van der Waals surface area contributed by atoms with Gasteiger partial charge in [-0.1, -0.05) is 62.4 Å². The maximum atomic E-state index is 5.84. The molecule has 150 valence electrons. The van der Waals surface area contributed by atoms with Crippen LogP contribution in [0.25, 0.3) is 0 Å². The summed E-state index contributed by atoms with van der Waals surface area (Å²) in [6.45, 7) is 7.53. The summed E-state index contributed by atoms with van der Waals surface area (Å²) in [4.78, 5) is 0. The van der Waals surface area contributed by atoms with Crippen molar-refractivity contribution < 1.29 is 26.4 Å². The van der Waals surface area contributed by atoms with Gasteiger partial charge >= 0.3 is 0 Å². The summed E-state index contributed by atoms with van der Waals surface area (Å²) in [5, 5.41) is 0. The molecule has 0 fully saturated rings. The Morgan fingerprint density at radius 2 is 1.41 bits per heavy atom. The second kappa shape index (κ2) is 12.0. The third kappa shape index (κ3) is 8.34. The van der Waals surface area contributed by atoms with Crippen LogP contribution in [0, 0.1) is 5.92 Å². The Balaban J connectivity index is 0.00000364. The van der Waals surface area contributed by atoms with Gasteiger partial charge in [0.05, 0.1) is 27.3 Å². The first-order valence-corrected chi connectivity index (χ1v) is 9.62. The highest BCUT2D eigenvalue weighted by Crippen LogP contribution is 2.31. The zero-order valence-corrected chi connectivity index (χ0v) is 17.9. The lowest BCUT2D eigenvalue weighted by atomic mass is 9.94. The van der Waals surface area contributed by atoms with Crippen molar-refractivity contribution in [3.8, 4) is 5.75 Å². The fraction of sp³-hybridized carbons (Fsp3) is 0.478. The van der Waals surface area contributed by atoms with Gasteiger partial charge in [-0.05, 0) is 18.1 Å². The fourth-order valence-electron chi connectivity index (χ4n) is 3.24. The van der Waals surface area contributed by atoms with E-state index < -0.39 is 0 Å². The van der Waals surface area contributed by atoms with Crippen molar-refractivity contribution in [3.05, 3.63) is 66.2 Å². The number of ether oxygens (including phenoxy) is 2. The number of rotatable bonds is 11. The van der Waals surface area contributed by atoms with Crippen LogP contribution in [0.15, 0.2) is 60.7 Å². The van der Waals surface area contributed by atoms with Gasteiger partial charge in [0.25, 0.3) is 0 Å². The van der Waals surface area contributed by atoms with Crippen LogP contribution in [0.5, 0.6) is 5.75 Å². The maximum Gasteiger partial charge on any atom is 0.119 e. The van der Waals surface area contributed by atoms with E-state index in [-0.39, 0.29) is 12.4 Å². The molecule has 0 spiro atoms. The van der Waals surface area contributed by atoms with Crippen molar-refractivity contribution in [3.63, 3.8) is 0 Å². The second-order valence-electron chi connectivity index (χ2n) is 7.83. The van der Waals surface area contributed by atoms with Gasteiger partial charge in [-0.2, -0.15) is 0 Å². The van der Waals surface area contributed by atoms with E-state index in [9.17, 15) is 0 Å². The zero-order chi connectivity index (χ0) is 18.8. The highest BCUT2D eigenvalue weighted by Gasteiger charge is 2.30. The first-order valence-electron chi connectivity index (χ1n) is 9.62. The molecule has 0 aromatic heterocycles. The molecule has 1 unspecified atom stereocenters. The van der Waals surface area contributed by atoms with Crippen molar-refractivity contribution in [2.24, 2.45) is 5.92 Å². The van der Waals surface area contributed by atoms with E-state index >= 15 is 0 Å². The van der Waals surface area contributed by atoms with Gasteiger partial charge in [-0.25, -0.2) is 0 Å². The zero-order valence-electron chi connectivity index (χ0n) is 17.1. The van der Waals surface area contributed by atoms with Gasteiger partial charge < -0.3 is 26.4 Å². The summed E-state index contributed by atoms with van der Waals surface area (Å²) in [5.74, 6) is 1.56. The molecular weight excluding hydrogens is 358 g/mol. The topological polar surface area (TPSA) is 18.5 Å². The van der Waals surface area contributed by atoms with Crippen molar-refractivity contribution in [1.29, 1.82) is 0 Å². The summed E-state index contributed by atoms with van der Waals surface area (Å²) in [5.41, 5.74) is 1.42. The maximum absolute atomic E-state index is 5.84. The number of nitrogens with zero attached hydrogens (tertiary/aromatic N) is 1. The highest BCUT2D eigenvalue weighted by molar-refractivity contribution is 5.20. The van der Waals surface area contributed by atoms with Gasteiger partial charge in [-0.3, -0.25) is 0 Å². The predicted molar refractivity (Wildman–Crippen MR) is 108 cm³/mol. The fourth-order valence-corrected chi connectivity index (χ4v) is 3.24. The number of quaternary nitrogens is 1. The van der Waals surface area contributed by atoms with Crippen LogP contribution < -0.4 is 17.1 Å². The first kappa shape index (κ1) is 23.5. The molecule has 3 nitrogen and oxygen atoms in total. The average molecular weight is 392 g/mol. The standard InChI is InChI=1S/C23H34NO2.ClH/c1-20(2)19-23(21-11-7-5-8-12-21)24(3,4)15-16-25-17-18-26-22-13-9-6-10-14-22;/h5-14,20,23H,15-19H2,1-4H3;1H/q+1;/p-1. The molecule has 0 saturated heterocycles. The van der Waals surface area contributed by atoms with Crippen LogP contribution in [0.3, 0.4) is 0 Å². The van der Waals surface area contributed by atoms with Crippen LogP contribution in [0.2, 0.25) is 0 Å². The summed E-state index contributed by atoms with van der Waals surface area (Å²) in [6, 6.07) is 21.2. The minimum Gasteiger partial charge on any atom is -1.00 e. The number of hydrogen-bond donors (Lipinski definition) is 0. The van der Waals surface area contributed by atoms with Crippen molar-refractivity contribution >= 4 is 0 Å². The van der Waals surface area contributed by atoms with E-state index in [4.69, 9.17) is 9.47 Å². The molecule has 2 aromatic rings. The SMILES string of the molecule is CC(C)CC(c1ccccc1)[N+](C)(C)CCOCCOc1ccccc1.[Cl-]. The third-order valence-electron chi connectivity index (χ3n) is 4.77. The Morgan fingerprint density at radius 1 is 0.815 bits per heavy atom. The molecule has 0 radical (unpaired) electrons. The summed E-state index contributed by atoms with van der Waals surface area (Å²) >= 11 is 0. The van der Waals surface area contributed by atoms with Gasteiger partial charge in [0.1, 0.15) is 24.9 Å². The van der Waals surface area contributed by atoms with Crippen LogP contribution in [-0.2, 0) is 4.74 Å². The van der Waals surface area contributed by atoms with Crippen molar-refractivity contribution in [2.45, 2.75) is 26.3 Å². The minimum absolute atomic E-state index is 0. The largest absolute Gasteiger partial charge is 1.00 e. The Hall–Kier alpha value is -1.55. The normalized spacial score (nSPS) is 12.5. The number of hydrogen-bond acceptors (Lipinski definition) is 2. The lowest BCUT2D eigenvalue weighted by Gasteiger charge is -2.39. The quantitative estimate of drug-likeness (QED) is 0.430. The van der Waals surface area contributed by atoms with E-state index in [1.54, 1.807) is 0 Å². The second-order valence-corrected chi connectivity index (χ2v) is 7.83. The number of halogens is 1. The molecule has 4 heteroatoms. The highest BCUT2D eigenvalue weighted by atomic mass is 35.5. The molecule has 0 aliphatic rings. The summed E-state index contributed by atoms with van der Waals surface area (Å²) in [7, 11) is 4.62. The van der Waals surface area contributed by atoms with E-state index in [0.717, 1.165) is 23.4 Å². The van der Waals surface area contributed by atoms with Crippen LogP contribution in [0.1, 0.15) is 31.9 Å². The molecule has 0 saturated carbocycles.